The molecule has 0 N–H and O–H groups in total. The normalized spacial score (nSPS) is 5.00. The average Bonchev–Trinajstić information content (AvgIpc) is 1.37. The fraction of sp³-hybridized carbons (Fsp3) is 0.500. The van der Waals surface area contributed by atoms with E-state index in [1.807, 2.05) is 0 Å². The third-order valence-corrected chi connectivity index (χ3v) is 0.164. The first-order valence-electron chi connectivity index (χ1n) is 0.825. The maximum absolute atomic E-state index is 8.92. The summed E-state index contributed by atoms with van der Waals surface area (Å²) in [7, 11) is 0. The summed E-state index contributed by atoms with van der Waals surface area (Å²) >= 11 is 4.76. The molecule has 1 nitrogen and oxygen atoms in total. The second-order valence-corrected chi connectivity index (χ2v) is 0.545. The molecular formula is C2H2ClNaO. The molecule has 3 heteroatoms. The van der Waals surface area contributed by atoms with Gasteiger partial charge in [-0.05, 0) is 0 Å². The van der Waals surface area contributed by atoms with E-state index in [0.29, 0.717) is 0 Å². The van der Waals surface area contributed by atoms with Gasteiger partial charge in [0.05, 0.1) is 0 Å². The number of hydrogen-bond acceptors (Lipinski definition) is 1. The first-order valence-corrected chi connectivity index (χ1v) is 1.36. The Kier molecular flexibility index (Phi) is 16.6. The number of halogens is 1. The zero-order valence-corrected chi connectivity index (χ0v) is 5.75. The first kappa shape index (κ1) is 9.35. The van der Waals surface area contributed by atoms with Crippen molar-refractivity contribution in [2.24, 2.45) is 0 Å². The summed E-state index contributed by atoms with van der Waals surface area (Å²) in [5, 5.41) is 0. The van der Waals surface area contributed by atoms with Gasteiger partial charge >= 0.3 is 29.6 Å². The summed E-state index contributed by atoms with van der Waals surface area (Å²) < 4.78 is 0. The molecule has 0 atom stereocenters. The van der Waals surface area contributed by atoms with Crippen LogP contribution in [0.15, 0.2) is 0 Å². The molecule has 0 unspecified atom stereocenters. The minimum atomic E-state index is -0.0139. The molecule has 0 heterocycles. The Morgan fingerprint density at radius 3 is 2.00 bits per heavy atom. The molecular weight excluding hydrogens is 98.5 g/mol. The molecule has 0 aromatic heterocycles. The predicted octanol–water partition coefficient (Wildman–Crippen LogP) is -2.66. The summed E-state index contributed by atoms with van der Waals surface area (Å²) in [6.07, 6.45) is 1.45. The third kappa shape index (κ3) is 11.3. The summed E-state index contributed by atoms with van der Waals surface area (Å²) in [4.78, 5) is 8.92. The van der Waals surface area contributed by atoms with E-state index in [2.05, 4.69) is 0 Å². The number of hydrogen-bond donors (Lipinski definition) is 0. The Bertz CT molecular complexity index is 23.6. The molecule has 0 spiro atoms. The number of carbonyl (C=O) groups excluding carboxylic acids is 1. The van der Waals surface area contributed by atoms with Gasteiger partial charge in [0.15, 0.2) is 0 Å². The molecule has 0 radical (unpaired) electrons. The fourth-order valence-corrected chi connectivity index (χ4v) is 0. The van der Waals surface area contributed by atoms with Gasteiger partial charge in [-0.2, -0.15) is 11.6 Å². The zero-order chi connectivity index (χ0) is 3.41. The molecule has 0 saturated heterocycles. The Balaban J connectivity index is 0. The second-order valence-electron chi connectivity index (χ2n) is 0.278. The second kappa shape index (κ2) is 8.88. The molecule has 0 amide bonds. The van der Waals surface area contributed by atoms with E-state index in [-0.39, 0.29) is 35.4 Å². The van der Waals surface area contributed by atoms with Crippen molar-refractivity contribution in [3.8, 4) is 0 Å². The van der Waals surface area contributed by atoms with Crippen LogP contribution in [0.25, 0.3) is 0 Å². The van der Waals surface area contributed by atoms with E-state index in [9.17, 15) is 0 Å². The van der Waals surface area contributed by atoms with Gasteiger partial charge in [-0.25, -0.2) is 6.29 Å². The smallest absolute Gasteiger partial charge is 0.541 e. The van der Waals surface area contributed by atoms with Crippen molar-refractivity contribution in [1.82, 2.24) is 0 Å². The van der Waals surface area contributed by atoms with Crippen LogP contribution in [0.1, 0.15) is 0 Å². The maximum atomic E-state index is 8.92. The SMILES string of the molecule is O=[C-]CCl.[Na+]. The minimum absolute atomic E-state index is 0. The predicted molar refractivity (Wildman–Crippen MR) is 16.4 cm³/mol. The van der Waals surface area contributed by atoms with Crippen LogP contribution in [0.4, 0.5) is 0 Å². The van der Waals surface area contributed by atoms with Gasteiger partial charge in [0.25, 0.3) is 0 Å². The van der Waals surface area contributed by atoms with Crippen molar-refractivity contribution >= 4 is 17.9 Å². The Hall–Kier alpha value is 0.960. The Morgan fingerprint density at radius 1 is 1.80 bits per heavy atom. The van der Waals surface area contributed by atoms with E-state index >= 15 is 0 Å². The van der Waals surface area contributed by atoms with E-state index in [0.717, 1.165) is 0 Å². The molecule has 0 fully saturated rings. The van der Waals surface area contributed by atoms with Crippen molar-refractivity contribution in [2.75, 3.05) is 5.88 Å². The molecule has 0 rings (SSSR count). The topological polar surface area (TPSA) is 17.1 Å². The third-order valence-electron chi connectivity index (χ3n) is 0.0546. The van der Waals surface area contributed by atoms with E-state index in [4.69, 9.17) is 16.4 Å². The van der Waals surface area contributed by atoms with Crippen LogP contribution in [-0.4, -0.2) is 12.2 Å². The molecule has 24 valence electrons. The molecule has 0 aliphatic heterocycles. The number of rotatable bonds is 1. The van der Waals surface area contributed by atoms with Crippen LogP contribution >= 0.6 is 11.6 Å². The van der Waals surface area contributed by atoms with Gasteiger partial charge in [-0.3, -0.25) is 0 Å². The monoisotopic (exact) mass is 100.0 g/mol. The zero-order valence-electron chi connectivity index (χ0n) is 2.99. The molecule has 5 heavy (non-hydrogen) atoms. The fourth-order valence-electron chi connectivity index (χ4n) is 0. The van der Waals surface area contributed by atoms with Crippen molar-refractivity contribution in [2.45, 2.75) is 0 Å². The van der Waals surface area contributed by atoms with Crippen LogP contribution in [0.2, 0.25) is 0 Å². The van der Waals surface area contributed by atoms with Gasteiger partial charge in [-0.15, -0.1) is 0 Å². The van der Waals surface area contributed by atoms with Crippen LogP contribution < -0.4 is 29.6 Å². The molecule has 0 bridgehead atoms. The Morgan fingerprint density at radius 2 is 2.00 bits per heavy atom. The van der Waals surface area contributed by atoms with E-state index in [1.165, 1.54) is 6.29 Å². The van der Waals surface area contributed by atoms with Crippen molar-refractivity contribution in [1.29, 1.82) is 0 Å². The number of alkyl halides is 1. The van der Waals surface area contributed by atoms with Gasteiger partial charge in [-0.1, -0.05) is 5.88 Å². The van der Waals surface area contributed by atoms with Crippen LogP contribution in [0.5, 0.6) is 0 Å². The molecule has 0 aromatic rings. The quantitative estimate of drug-likeness (QED) is 0.200. The first-order chi connectivity index (χ1) is 1.91. The van der Waals surface area contributed by atoms with Gasteiger partial charge < -0.3 is 4.79 Å². The van der Waals surface area contributed by atoms with Gasteiger partial charge in [0.1, 0.15) is 0 Å². The van der Waals surface area contributed by atoms with Crippen molar-refractivity contribution in [3.63, 3.8) is 0 Å². The standard InChI is InChI=1S/C2H2ClO.Na/c3-1-2-4;/h1H2;/q-1;+1. The van der Waals surface area contributed by atoms with Crippen LogP contribution in [-0.2, 0) is 4.79 Å². The van der Waals surface area contributed by atoms with E-state index < -0.39 is 0 Å². The van der Waals surface area contributed by atoms with Crippen LogP contribution in [0, 0.1) is 0 Å². The Labute approximate surface area is 58.0 Å². The summed E-state index contributed by atoms with van der Waals surface area (Å²) in [5.41, 5.74) is 0. The molecule has 0 aliphatic rings. The maximum Gasteiger partial charge on any atom is 1.00 e. The van der Waals surface area contributed by atoms with Crippen molar-refractivity contribution < 1.29 is 34.4 Å². The summed E-state index contributed by atoms with van der Waals surface area (Å²) in [6.45, 7) is 0. The summed E-state index contributed by atoms with van der Waals surface area (Å²) in [5.74, 6) is -0.0139. The van der Waals surface area contributed by atoms with Gasteiger partial charge in [0.2, 0.25) is 0 Å². The minimum Gasteiger partial charge on any atom is -0.541 e. The molecule has 0 saturated carbocycles. The summed E-state index contributed by atoms with van der Waals surface area (Å²) in [6, 6.07) is 0. The van der Waals surface area contributed by atoms with Crippen molar-refractivity contribution in [3.05, 3.63) is 0 Å². The van der Waals surface area contributed by atoms with E-state index in [1.54, 1.807) is 0 Å². The van der Waals surface area contributed by atoms with Crippen LogP contribution in [0.3, 0.4) is 0 Å². The van der Waals surface area contributed by atoms with Gasteiger partial charge in [0, 0.05) is 0 Å². The average molecular weight is 100 g/mol. The molecule has 0 aliphatic carbocycles. The largest absolute Gasteiger partial charge is 1.00 e. The molecule has 0 aromatic carbocycles.